The molecule has 3 rings (SSSR count). The van der Waals surface area contributed by atoms with Gasteiger partial charge in [0.1, 0.15) is 5.70 Å². The molecule has 1 aliphatic heterocycles. The number of imide groups is 1. The van der Waals surface area contributed by atoms with Crippen molar-refractivity contribution in [2.75, 3.05) is 5.32 Å². The maximum Gasteiger partial charge on any atom is 0.278 e. The number of halogens is 1. The highest BCUT2D eigenvalue weighted by molar-refractivity contribution is 6.37. The molecule has 0 aliphatic carbocycles. The van der Waals surface area contributed by atoms with Gasteiger partial charge in [-0.3, -0.25) is 14.5 Å². The molecule has 0 spiro atoms. The fourth-order valence-electron chi connectivity index (χ4n) is 3.17. The summed E-state index contributed by atoms with van der Waals surface area (Å²) in [7, 11) is 0. The number of hydrogen-bond acceptors (Lipinski definition) is 3. The first-order valence-corrected chi connectivity index (χ1v) is 9.32. The lowest BCUT2D eigenvalue weighted by molar-refractivity contribution is -0.138. The Kier molecular flexibility index (Phi) is 5.11. The normalized spacial score (nSPS) is 14.6. The predicted octanol–water partition coefficient (Wildman–Crippen LogP) is 4.87. The van der Waals surface area contributed by atoms with Gasteiger partial charge in [-0.05, 0) is 69.0 Å². The van der Waals surface area contributed by atoms with Crippen LogP contribution in [0.15, 0.2) is 42.1 Å². The van der Waals surface area contributed by atoms with Gasteiger partial charge in [-0.15, -0.1) is 0 Å². The van der Waals surface area contributed by atoms with Gasteiger partial charge >= 0.3 is 0 Å². The number of carbonyl (C=O) groups excluding carboxylic acids is 2. The summed E-state index contributed by atoms with van der Waals surface area (Å²) in [6.45, 7) is 9.56. The van der Waals surface area contributed by atoms with E-state index in [4.69, 9.17) is 11.6 Å². The zero-order valence-corrected chi connectivity index (χ0v) is 16.9. The van der Waals surface area contributed by atoms with Gasteiger partial charge in [0.2, 0.25) is 0 Å². The van der Waals surface area contributed by atoms with Crippen molar-refractivity contribution in [3.63, 3.8) is 0 Å². The van der Waals surface area contributed by atoms with Crippen LogP contribution in [0.3, 0.4) is 0 Å². The highest BCUT2D eigenvalue weighted by Crippen LogP contribution is 2.34. The first-order chi connectivity index (χ1) is 12.7. The van der Waals surface area contributed by atoms with E-state index in [2.05, 4.69) is 5.32 Å². The second-order valence-electron chi connectivity index (χ2n) is 7.16. The second kappa shape index (κ2) is 7.20. The summed E-state index contributed by atoms with van der Waals surface area (Å²) in [6, 6.07) is 11.0. The Morgan fingerprint density at radius 1 is 0.963 bits per heavy atom. The van der Waals surface area contributed by atoms with Gasteiger partial charge in [-0.1, -0.05) is 35.9 Å². The van der Waals surface area contributed by atoms with E-state index < -0.39 is 0 Å². The van der Waals surface area contributed by atoms with E-state index in [-0.39, 0.29) is 17.9 Å². The van der Waals surface area contributed by atoms with E-state index in [1.807, 2.05) is 65.0 Å². The molecular weight excluding hydrogens is 360 g/mol. The maximum atomic E-state index is 13.1. The molecule has 0 radical (unpaired) electrons. The van der Waals surface area contributed by atoms with Crippen molar-refractivity contribution in [1.29, 1.82) is 0 Å². The van der Waals surface area contributed by atoms with Crippen molar-refractivity contribution < 1.29 is 9.59 Å². The van der Waals surface area contributed by atoms with Crippen LogP contribution in [0.4, 0.5) is 5.69 Å². The van der Waals surface area contributed by atoms with Gasteiger partial charge in [0.25, 0.3) is 11.8 Å². The Bertz CT molecular complexity index is 976. The van der Waals surface area contributed by atoms with Gasteiger partial charge in [0, 0.05) is 16.8 Å². The lowest BCUT2D eigenvalue weighted by Gasteiger charge is -2.19. The molecule has 2 amide bonds. The molecule has 2 aromatic carbocycles. The number of amides is 2. The third-order valence-electron chi connectivity index (χ3n) is 4.95. The summed E-state index contributed by atoms with van der Waals surface area (Å²) in [4.78, 5) is 27.4. The van der Waals surface area contributed by atoms with E-state index in [9.17, 15) is 9.59 Å². The highest BCUT2D eigenvalue weighted by atomic mass is 35.5. The molecule has 1 N–H and O–H groups in total. The van der Waals surface area contributed by atoms with E-state index in [0.717, 1.165) is 22.3 Å². The van der Waals surface area contributed by atoms with Crippen LogP contribution in [-0.4, -0.2) is 22.8 Å². The fraction of sp³-hybridized carbons (Fsp3) is 0.273. The van der Waals surface area contributed by atoms with E-state index >= 15 is 0 Å². The Morgan fingerprint density at radius 2 is 1.67 bits per heavy atom. The minimum atomic E-state index is -0.317. The van der Waals surface area contributed by atoms with E-state index in [0.29, 0.717) is 22.0 Å². The molecule has 140 valence electrons. The number of rotatable bonds is 4. The maximum absolute atomic E-state index is 13.1. The molecule has 0 saturated heterocycles. The number of hydrogen-bond donors (Lipinski definition) is 1. The summed E-state index contributed by atoms with van der Waals surface area (Å²) in [5.41, 5.74) is 5.18. The van der Waals surface area contributed by atoms with Crippen molar-refractivity contribution in [1.82, 2.24) is 4.90 Å². The van der Waals surface area contributed by atoms with Crippen LogP contribution < -0.4 is 5.32 Å². The summed E-state index contributed by atoms with van der Waals surface area (Å²) in [5, 5.41) is 3.78. The smallest absolute Gasteiger partial charge is 0.278 e. The molecule has 0 fully saturated rings. The first kappa shape index (κ1) is 19.2. The number of anilines is 1. The highest BCUT2D eigenvalue weighted by Gasteiger charge is 2.40. The minimum Gasteiger partial charge on any atom is -0.350 e. The Morgan fingerprint density at radius 3 is 2.30 bits per heavy atom. The molecule has 5 heteroatoms. The predicted molar refractivity (Wildman–Crippen MR) is 110 cm³/mol. The average molecular weight is 383 g/mol. The molecule has 0 bridgehead atoms. The van der Waals surface area contributed by atoms with Crippen LogP contribution in [0, 0.1) is 20.8 Å². The number of carbonyl (C=O) groups is 2. The molecule has 27 heavy (non-hydrogen) atoms. The Balaban J connectivity index is 2.17. The minimum absolute atomic E-state index is 0.230. The Labute approximate surface area is 164 Å². The third-order valence-corrected chi connectivity index (χ3v) is 5.36. The van der Waals surface area contributed by atoms with Crippen molar-refractivity contribution in [2.24, 2.45) is 0 Å². The molecule has 1 heterocycles. The molecule has 0 aromatic heterocycles. The van der Waals surface area contributed by atoms with Gasteiger partial charge in [-0.25, -0.2) is 0 Å². The largest absolute Gasteiger partial charge is 0.350 e. The van der Waals surface area contributed by atoms with Crippen LogP contribution in [0.25, 0.3) is 5.57 Å². The monoisotopic (exact) mass is 382 g/mol. The molecular formula is C22H23ClN2O2. The number of nitrogens with zero attached hydrogens (tertiary/aromatic N) is 1. The number of nitrogens with one attached hydrogen (secondary N) is 1. The Hall–Kier alpha value is -2.59. The van der Waals surface area contributed by atoms with Gasteiger partial charge in [-0.2, -0.15) is 0 Å². The molecule has 4 nitrogen and oxygen atoms in total. The first-order valence-electron chi connectivity index (χ1n) is 8.94. The fourth-order valence-corrected chi connectivity index (χ4v) is 3.35. The molecule has 0 unspecified atom stereocenters. The third kappa shape index (κ3) is 3.37. The topological polar surface area (TPSA) is 49.4 Å². The zero-order valence-electron chi connectivity index (χ0n) is 16.2. The van der Waals surface area contributed by atoms with Gasteiger partial charge in [0.15, 0.2) is 0 Å². The second-order valence-corrected chi connectivity index (χ2v) is 7.57. The van der Waals surface area contributed by atoms with Gasteiger partial charge < -0.3 is 5.32 Å². The van der Waals surface area contributed by atoms with Crippen LogP contribution in [-0.2, 0) is 9.59 Å². The van der Waals surface area contributed by atoms with Crippen molar-refractivity contribution in [3.05, 3.63) is 69.4 Å². The lowest BCUT2D eigenvalue weighted by atomic mass is 9.99. The molecule has 0 atom stereocenters. The zero-order chi connectivity index (χ0) is 19.9. The summed E-state index contributed by atoms with van der Waals surface area (Å²) in [5.74, 6) is -0.594. The summed E-state index contributed by atoms with van der Waals surface area (Å²) in [6.07, 6.45) is 0. The standard InChI is InChI=1S/C22H23ClN2O2/c1-12(2)25-21(26)19(16-10-9-13(3)14(4)11-16)20(22(25)27)24-18-8-6-7-17(23)15(18)5/h6-12,24H,1-5H3. The van der Waals surface area contributed by atoms with E-state index in [1.54, 1.807) is 6.07 Å². The van der Waals surface area contributed by atoms with Crippen molar-refractivity contribution in [2.45, 2.75) is 40.7 Å². The van der Waals surface area contributed by atoms with Crippen LogP contribution in [0.1, 0.15) is 36.1 Å². The van der Waals surface area contributed by atoms with Crippen LogP contribution in [0.2, 0.25) is 5.02 Å². The number of benzene rings is 2. The van der Waals surface area contributed by atoms with Crippen LogP contribution >= 0.6 is 11.6 Å². The molecule has 1 aliphatic rings. The van der Waals surface area contributed by atoms with Crippen LogP contribution in [0.5, 0.6) is 0 Å². The quantitative estimate of drug-likeness (QED) is 0.768. The van der Waals surface area contributed by atoms with Gasteiger partial charge in [0.05, 0.1) is 5.57 Å². The number of aryl methyl sites for hydroxylation is 2. The molecule has 0 saturated carbocycles. The average Bonchev–Trinajstić information content (AvgIpc) is 2.85. The molecule has 2 aromatic rings. The van der Waals surface area contributed by atoms with Crippen molar-refractivity contribution >= 4 is 34.7 Å². The van der Waals surface area contributed by atoms with E-state index in [1.165, 1.54) is 4.90 Å². The lowest BCUT2D eigenvalue weighted by Crippen LogP contribution is -2.38. The van der Waals surface area contributed by atoms with Crippen molar-refractivity contribution in [3.8, 4) is 0 Å². The summed E-state index contributed by atoms with van der Waals surface area (Å²) >= 11 is 6.22. The summed E-state index contributed by atoms with van der Waals surface area (Å²) < 4.78 is 0. The SMILES string of the molecule is Cc1ccc(C2=C(Nc3cccc(Cl)c3C)C(=O)N(C(C)C)C2=O)cc1C.